The molecule has 0 saturated heterocycles. The number of nitrogens with zero attached hydrogens (tertiary/aromatic N) is 2. The van der Waals surface area contributed by atoms with Crippen molar-refractivity contribution in [3.05, 3.63) is 83.2 Å². The van der Waals surface area contributed by atoms with Crippen LogP contribution >= 0.6 is 0 Å². The molecule has 1 aliphatic rings. The molecule has 1 heterocycles. The number of hydrogen-bond donors (Lipinski definition) is 0. The summed E-state index contributed by atoms with van der Waals surface area (Å²) in [5.41, 5.74) is 5.80. The third kappa shape index (κ3) is 4.43. The van der Waals surface area contributed by atoms with E-state index in [-0.39, 0.29) is 0 Å². The Morgan fingerprint density at radius 1 is 0.643 bits per heavy atom. The molecule has 0 amide bonds. The minimum absolute atomic E-state index is 0.389. The van der Waals surface area contributed by atoms with E-state index >= 15 is 0 Å². The molecule has 0 spiro atoms. The van der Waals surface area contributed by atoms with Crippen molar-refractivity contribution in [2.45, 2.75) is 72.6 Å². The van der Waals surface area contributed by atoms with Crippen LogP contribution in [-0.2, 0) is 13.1 Å². The van der Waals surface area contributed by atoms with Gasteiger partial charge in [0.05, 0.1) is 0 Å². The van der Waals surface area contributed by atoms with Crippen molar-refractivity contribution >= 4 is 0 Å². The maximum absolute atomic E-state index is 2.52. The predicted molar refractivity (Wildman–Crippen MR) is 120 cm³/mol. The third-order valence-corrected chi connectivity index (χ3v) is 5.79. The maximum atomic E-state index is 2.52. The predicted octanol–water partition coefficient (Wildman–Crippen LogP) is 6.70. The van der Waals surface area contributed by atoms with Crippen molar-refractivity contribution in [1.29, 1.82) is 0 Å². The van der Waals surface area contributed by atoms with Gasteiger partial charge < -0.3 is 9.80 Å². The average molecular weight is 377 g/mol. The molecule has 0 aromatic heterocycles. The van der Waals surface area contributed by atoms with E-state index in [0.29, 0.717) is 23.9 Å². The molecule has 2 heteroatoms. The summed E-state index contributed by atoms with van der Waals surface area (Å²) in [7, 11) is 0. The third-order valence-electron chi connectivity index (χ3n) is 5.79. The molecule has 0 N–H and O–H groups in total. The fraction of sp³-hybridized carbons (Fsp3) is 0.462. The molecule has 1 aliphatic heterocycles. The number of hydrogen-bond acceptors (Lipinski definition) is 2. The van der Waals surface area contributed by atoms with Crippen LogP contribution in [0.2, 0.25) is 0 Å². The van der Waals surface area contributed by atoms with Crippen molar-refractivity contribution in [2.24, 2.45) is 5.92 Å². The molecule has 2 aromatic carbocycles. The van der Waals surface area contributed by atoms with Gasteiger partial charge in [0, 0.05) is 25.5 Å². The van der Waals surface area contributed by atoms with Crippen LogP contribution < -0.4 is 0 Å². The monoisotopic (exact) mass is 376 g/mol. The van der Waals surface area contributed by atoms with Crippen LogP contribution in [-0.4, -0.2) is 16.0 Å². The Morgan fingerprint density at radius 2 is 1.04 bits per heavy atom. The fourth-order valence-corrected chi connectivity index (χ4v) is 4.47. The molecule has 0 bridgehead atoms. The van der Waals surface area contributed by atoms with Gasteiger partial charge in [-0.1, -0.05) is 90.1 Å². The molecule has 0 fully saturated rings. The van der Waals surface area contributed by atoms with E-state index in [1.165, 1.54) is 22.3 Å². The van der Waals surface area contributed by atoms with Crippen molar-refractivity contribution in [3.8, 4) is 0 Å². The van der Waals surface area contributed by atoms with Crippen LogP contribution in [0, 0.1) is 5.92 Å². The van der Waals surface area contributed by atoms with Gasteiger partial charge in [-0.2, -0.15) is 0 Å². The summed E-state index contributed by atoms with van der Waals surface area (Å²) in [6.07, 6.45) is 4.97. The fourth-order valence-electron chi connectivity index (χ4n) is 4.47. The van der Waals surface area contributed by atoms with E-state index in [9.17, 15) is 0 Å². The van der Waals surface area contributed by atoms with Gasteiger partial charge in [0.25, 0.3) is 0 Å². The molecule has 2 aromatic rings. The van der Waals surface area contributed by atoms with Crippen LogP contribution in [0.3, 0.4) is 0 Å². The zero-order chi connectivity index (χ0) is 20.3. The molecule has 2 nitrogen and oxygen atoms in total. The first-order valence-corrected chi connectivity index (χ1v) is 10.7. The van der Waals surface area contributed by atoms with E-state index in [4.69, 9.17) is 0 Å². The zero-order valence-corrected chi connectivity index (χ0v) is 18.4. The van der Waals surface area contributed by atoms with Gasteiger partial charge in [-0.25, -0.2) is 0 Å². The largest absolute Gasteiger partial charge is 0.351 e. The Hall–Kier alpha value is -2.22. The molecule has 28 heavy (non-hydrogen) atoms. The van der Waals surface area contributed by atoms with Crippen molar-refractivity contribution < 1.29 is 0 Å². The topological polar surface area (TPSA) is 6.48 Å². The van der Waals surface area contributed by atoms with Crippen molar-refractivity contribution in [2.75, 3.05) is 0 Å². The van der Waals surface area contributed by atoms with Crippen LogP contribution in [0.4, 0.5) is 0 Å². The average Bonchev–Trinajstić information content (AvgIpc) is 3.04. The SMILES string of the molecule is CC(C)c1ccccc1CN1C=CN(Cc2ccccc2C(C)C)C1C(C)C. The lowest BCUT2D eigenvalue weighted by Crippen LogP contribution is -2.42. The first kappa shape index (κ1) is 20.5. The van der Waals surface area contributed by atoms with E-state index in [1.807, 2.05) is 0 Å². The highest BCUT2D eigenvalue weighted by molar-refractivity contribution is 5.31. The Kier molecular flexibility index (Phi) is 6.49. The lowest BCUT2D eigenvalue weighted by Gasteiger charge is -2.36. The number of benzene rings is 2. The summed E-state index contributed by atoms with van der Waals surface area (Å²) < 4.78 is 0. The Balaban J connectivity index is 1.81. The molecule has 0 saturated carbocycles. The molecular formula is C26H36N2. The highest BCUT2D eigenvalue weighted by atomic mass is 15.4. The van der Waals surface area contributed by atoms with Crippen LogP contribution in [0.5, 0.6) is 0 Å². The molecule has 0 unspecified atom stereocenters. The second kappa shape index (κ2) is 8.86. The highest BCUT2D eigenvalue weighted by Gasteiger charge is 2.30. The van der Waals surface area contributed by atoms with E-state index in [2.05, 4.69) is 112 Å². The van der Waals surface area contributed by atoms with E-state index in [0.717, 1.165) is 13.1 Å². The summed E-state index contributed by atoms with van der Waals surface area (Å²) in [4.78, 5) is 5.04. The molecule has 3 rings (SSSR count). The Bertz CT molecular complexity index is 740. The minimum atomic E-state index is 0.389. The van der Waals surface area contributed by atoms with Gasteiger partial charge in [-0.05, 0) is 40.0 Å². The smallest absolute Gasteiger partial charge is 0.104 e. The lowest BCUT2D eigenvalue weighted by atomic mass is 9.96. The Labute approximate surface area is 171 Å². The summed E-state index contributed by atoms with van der Waals surface area (Å²) in [6.45, 7) is 15.7. The lowest BCUT2D eigenvalue weighted by molar-refractivity contribution is 0.0964. The second-order valence-corrected chi connectivity index (χ2v) is 9.01. The van der Waals surface area contributed by atoms with Gasteiger partial charge in [0.1, 0.15) is 6.17 Å². The summed E-state index contributed by atoms with van der Waals surface area (Å²) >= 11 is 0. The van der Waals surface area contributed by atoms with Gasteiger partial charge in [-0.3, -0.25) is 0 Å². The van der Waals surface area contributed by atoms with Crippen molar-refractivity contribution in [1.82, 2.24) is 9.80 Å². The van der Waals surface area contributed by atoms with E-state index in [1.54, 1.807) is 0 Å². The summed E-state index contributed by atoms with van der Waals surface area (Å²) in [5.74, 6) is 1.65. The van der Waals surface area contributed by atoms with Gasteiger partial charge in [0.15, 0.2) is 0 Å². The minimum Gasteiger partial charge on any atom is -0.351 e. The Morgan fingerprint density at radius 3 is 1.39 bits per heavy atom. The first-order chi connectivity index (χ1) is 13.4. The molecule has 0 radical (unpaired) electrons. The molecular weight excluding hydrogens is 340 g/mol. The summed E-state index contributed by atoms with van der Waals surface area (Å²) in [5, 5.41) is 0. The first-order valence-electron chi connectivity index (χ1n) is 10.7. The maximum Gasteiger partial charge on any atom is 0.104 e. The summed E-state index contributed by atoms with van der Waals surface area (Å²) in [6, 6.07) is 17.8. The second-order valence-electron chi connectivity index (χ2n) is 9.01. The van der Waals surface area contributed by atoms with Crippen LogP contribution in [0.15, 0.2) is 60.9 Å². The van der Waals surface area contributed by atoms with Crippen LogP contribution in [0.1, 0.15) is 75.6 Å². The molecule has 0 aliphatic carbocycles. The standard InChI is InChI=1S/C26H36N2/c1-19(2)24-13-9-7-11-22(24)17-27-15-16-28(26(27)21(5)6)18-23-12-8-10-14-25(23)20(3)4/h7-16,19-21,26H,17-18H2,1-6H3. The zero-order valence-electron chi connectivity index (χ0n) is 18.4. The van der Waals surface area contributed by atoms with Crippen LogP contribution in [0.25, 0.3) is 0 Å². The van der Waals surface area contributed by atoms with Gasteiger partial charge >= 0.3 is 0 Å². The molecule has 0 atom stereocenters. The quantitative estimate of drug-likeness (QED) is 0.530. The normalized spacial score (nSPS) is 14.9. The van der Waals surface area contributed by atoms with Crippen molar-refractivity contribution in [3.63, 3.8) is 0 Å². The van der Waals surface area contributed by atoms with E-state index < -0.39 is 0 Å². The highest BCUT2D eigenvalue weighted by Crippen LogP contribution is 2.30. The molecule has 150 valence electrons. The van der Waals surface area contributed by atoms with Gasteiger partial charge in [0.2, 0.25) is 0 Å². The number of rotatable bonds is 7. The van der Waals surface area contributed by atoms with Gasteiger partial charge in [-0.15, -0.1) is 0 Å².